The lowest BCUT2D eigenvalue weighted by Gasteiger charge is -2.27. The number of hydrogen-bond acceptors (Lipinski definition) is 3. The SMILES string of the molecule is O=C(OCc1ccccc1)N1C2CCC1CC(F)(F)C(O)C2. The molecule has 2 heterocycles. The maximum Gasteiger partial charge on any atom is 0.410 e. The second kappa shape index (κ2) is 5.83. The van der Waals surface area contributed by atoms with Crippen molar-refractivity contribution >= 4 is 6.09 Å². The number of nitrogens with zero attached hydrogens (tertiary/aromatic N) is 1. The first kappa shape index (κ1) is 15.2. The fourth-order valence-electron chi connectivity index (χ4n) is 3.37. The van der Waals surface area contributed by atoms with Crippen LogP contribution in [0.2, 0.25) is 0 Å². The monoisotopic (exact) mass is 311 g/mol. The van der Waals surface area contributed by atoms with Gasteiger partial charge in [0.25, 0.3) is 5.92 Å². The first-order valence-corrected chi connectivity index (χ1v) is 7.52. The first-order chi connectivity index (χ1) is 10.5. The molecule has 2 saturated heterocycles. The number of carbonyl (C=O) groups is 1. The van der Waals surface area contributed by atoms with Crippen molar-refractivity contribution in [2.24, 2.45) is 0 Å². The largest absolute Gasteiger partial charge is 0.445 e. The molecule has 2 aliphatic rings. The predicted octanol–water partition coefficient (Wildman–Crippen LogP) is 2.95. The Morgan fingerprint density at radius 1 is 1.27 bits per heavy atom. The molecule has 3 unspecified atom stereocenters. The summed E-state index contributed by atoms with van der Waals surface area (Å²) in [6.07, 6.45) is -1.67. The fourth-order valence-corrected chi connectivity index (χ4v) is 3.37. The van der Waals surface area contributed by atoms with Gasteiger partial charge < -0.3 is 14.7 Å². The van der Waals surface area contributed by atoms with Crippen LogP contribution in [0.4, 0.5) is 13.6 Å². The summed E-state index contributed by atoms with van der Waals surface area (Å²) in [4.78, 5) is 13.7. The van der Waals surface area contributed by atoms with Gasteiger partial charge >= 0.3 is 6.09 Å². The number of amides is 1. The highest BCUT2D eigenvalue weighted by molar-refractivity contribution is 5.69. The van der Waals surface area contributed by atoms with E-state index < -0.39 is 30.6 Å². The highest BCUT2D eigenvalue weighted by Crippen LogP contribution is 2.41. The Morgan fingerprint density at radius 3 is 2.68 bits per heavy atom. The lowest BCUT2D eigenvalue weighted by molar-refractivity contribution is -0.116. The Balaban J connectivity index is 1.67. The Morgan fingerprint density at radius 2 is 1.95 bits per heavy atom. The average Bonchev–Trinajstić information content (AvgIpc) is 2.83. The van der Waals surface area contributed by atoms with Crippen LogP contribution in [0.5, 0.6) is 0 Å². The number of alkyl halides is 2. The third kappa shape index (κ3) is 2.92. The Labute approximate surface area is 127 Å². The number of aliphatic hydroxyl groups excluding tert-OH is 1. The highest BCUT2D eigenvalue weighted by Gasteiger charge is 2.52. The number of carbonyl (C=O) groups excluding carboxylic acids is 1. The third-order valence-electron chi connectivity index (χ3n) is 4.53. The van der Waals surface area contributed by atoms with Crippen LogP contribution in [0, 0.1) is 0 Å². The van der Waals surface area contributed by atoms with Crippen molar-refractivity contribution in [2.75, 3.05) is 0 Å². The van der Waals surface area contributed by atoms with Crippen molar-refractivity contribution in [2.45, 2.75) is 56.4 Å². The van der Waals surface area contributed by atoms with E-state index in [1.54, 1.807) is 0 Å². The molecule has 3 atom stereocenters. The normalized spacial score (nSPS) is 30.0. The van der Waals surface area contributed by atoms with Crippen molar-refractivity contribution in [3.8, 4) is 0 Å². The number of benzene rings is 1. The summed E-state index contributed by atoms with van der Waals surface area (Å²) < 4.78 is 32.8. The van der Waals surface area contributed by atoms with Gasteiger partial charge in [-0.15, -0.1) is 0 Å². The van der Waals surface area contributed by atoms with Gasteiger partial charge in [-0.1, -0.05) is 30.3 Å². The molecule has 1 aromatic rings. The van der Waals surface area contributed by atoms with Gasteiger partial charge in [0.2, 0.25) is 0 Å². The van der Waals surface area contributed by atoms with Gasteiger partial charge in [0.15, 0.2) is 0 Å². The lowest BCUT2D eigenvalue weighted by Crippen LogP contribution is -2.41. The van der Waals surface area contributed by atoms with E-state index in [0.29, 0.717) is 12.8 Å². The standard InChI is InChI=1S/C16H19F2NO3/c17-16(18)9-13-7-6-12(8-14(16)20)19(13)15(21)22-10-11-4-2-1-3-5-11/h1-5,12-14,20H,6-10H2. The van der Waals surface area contributed by atoms with Gasteiger partial charge in [-0.2, -0.15) is 0 Å². The van der Waals surface area contributed by atoms with Crippen LogP contribution in [0.25, 0.3) is 0 Å². The molecule has 0 saturated carbocycles. The summed E-state index contributed by atoms with van der Waals surface area (Å²) in [5, 5.41) is 9.62. The number of halogens is 2. The molecule has 120 valence electrons. The molecule has 0 aliphatic carbocycles. The maximum absolute atomic E-state index is 13.8. The van der Waals surface area contributed by atoms with Crippen LogP contribution in [0.1, 0.15) is 31.2 Å². The van der Waals surface area contributed by atoms with Crippen LogP contribution >= 0.6 is 0 Å². The van der Waals surface area contributed by atoms with Crippen molar-refractivity contribution in [3.05, 3.63) is 35.9 Å². The van der Waals surface area contributed by atoms with E-state index in [-0.39, 0.29) is 19.1 Å². The van der Waals surface area contributed by atoms with E-state index in [1.807, 2.05) is 30.3 Å². The minimum absolute atomic E-state index is 0.0933. The minimum atomic E-state index is -3.14. The molecule has 1 aromatic carbocycles. The van der Waals surface area contributed by atoms with E-state index in [9.17, 15) is 18.7 Å². The molecule has 0 aromatic heterocycles. The summed E-state index contributed by atoms with van der Waals surface area (Å²) >= 11 is 0. The lowest BCUT2D eigenvalue weighted by atomic mass is 9.95. The van der Waals surface area contributed by atoms with Crippen molar-refractivity contribution in [1.82, 2.24) is 4.90 Å². The zero-order valence-corrected chi connectivity index (χ0v) is 12.1. The molecule has 0 radical (unpaired) electrons. The van der Waals surface area contributed by atoms with Gasteiger partial charge in [0.1, 0.15) is 12.7 Å². The van der Waals surface area contributed by atoms with Gasteiger partial charge in [-0.3, -0.25) is 0 Å². The molecular weight excluding hydrogens is 292 g/mol. The van der Waals surface area contributed by atoms with E-state index in [0.717, 1.165) is 5.56 Å². The van der Waals surface area contributed by atoms with Gasteiger partial charge in [-0.25, -0.2) is 13.6 Å². The van der Waals surface area contributed by atoms with Crippen LogP contribution in [-0.2, 0) is 11.3 Å². The molecule has 22 heavy (non-hydrogen) atoms. The van der Waals surface area contributed by atoms with Crippen molar-refractivity contribution < 1.29 is 23.4 Å². The van der Waals surface area contributed by atoms with Gasteiger partial charge in [0, 0.05) is 18.5 Å². The summed E-state index contributed by atoms with van der Waals surface area (Å²) in [6, 6.07) is 8.30. The molecule has 2 aliphatic heterocycles. The quantitative estimate of drug-likeness (QED) is 0.913. The minimum Gasteiger partial charge on any atom is -0.445 e. The Kier molecular flexibility index (Phi) is 4.04. The zero-order chi connectivity index (χ0) is 15.7. The molecule has 1 amide bonds. The summed E-state index contributed by atoms with van der Waals surface area (Å²) in [7, 11) is 0. The molecule has 0 spiro atoms. The average molecular weight is 311 g/mol. The van der Waals surface area contributed by atoms with Crippen LogP contribution in [-0.4, -0.2) is 40.2 Å². The van der Waals surface area contributed by atoms with Gasteiger partial charge in [0.05, 0.1) is 0 Å². The molecule has 3 rings (SSSR count). The zero-order valence-electron chi connectivity index (χ0n) is 12.1. The van der Waals surface area contributed by atoms with Crippen LogP contribution < -0.4 is 0 Å². The molecule has 2 bridgehead atoms. The summed E-state index contributed by atoms with van der Waals surface area (Å²) in [6.45, 7) is 0.120. The number of fused-ring (bicyclic) bond motifs is 2. The predicted molar refractivity (Wildman–Crippen MR) is 75.5 cm³/mol. The van der Waals surface area contributed by atoms with Crippen molar-refractivity contribution in [3.63, 3.8) is 0 Å². The Bertz CT molecular complexity index is 537. The fraction of sp³-hybridized carbons (Fsp3) is 0.562. The van der Waals surface area contributed by atoms with Gasteiger partial charge in [-0.05, 0) is 24.8 Å². The molecular formula is C16H19F2NO3. The van der Waals surface area contributed by atoms with Crippen LogP contribution in [0.15, 0.2) is 30.3 Å². The van der Waals surface area contributed by atoms with E-state index in [2.05, 4.69) is 0 Å². The second-order valence-electron chi connectivity index (χ2n) is 6.05. The number of ether oxygens (including phenoxy) is 1. The maximum atomic E-state index is 13.8. The van der Waals surface area contributed by atoms with E-state index in [4.69, 9.17) is 4.74 Å². The molecule has 4 nitrogen and oxygen atoms in total. The Hall–Kier alpha value is -1.69. The van der Waals surface area contributed by atoms with E-state index in [1.165, 1.54) is 4.90 Å². The third-order valence-corrected chi connectivity index (χ3v) is 4.53. The summed E-state index contributed by atoms with van der Waals surface area (Å²) in [5.41, 5.74) is 0.850. The number of rotatable bonds is 2. The smallest absolute Gasteiger partial charge is 0.410 e. The van der Waals surface area contributed by atoms with Crippen molar-refractivity contribution in [1.29, 1.82) is 0 Å². The molecule has 6 heteroatoms. The van der Waals surface area contributed by atoms with Crippen LogP contribution in [0.3, 0.4) is 0 Å². The van der Waals surface area contributed by atoms with E-state index >= 15 is 0 Å². The second-order valence-corrected chi connectivity index (χ2v) is 6.05. The molecule has 2 fully saturated rings. The number of hydrogen-bond donors (Lipinski definition) is 1. The molecule has 1 N–H and O–H groups in total. The number of aliphatic hydroxyl groups is 1. The summed E-state index contributed by atoms with van der Waals surface area (Å²) in [5.74, 6) is -3.14. The highest BCUT2D eigenvalue weighted by atomic mass is 19.3. The first-order valence-electron chi connectivity index (χ1n) is 7.52. The topological polar surface area (TPSA) is 49.8 Å².